The molecule has 0 spiro atoms. The lowest BCUT2D eigenvalue weighted by Gasteiger charge is -2.17. The first-order valence-electron chi connectivity index (χ1n) is 11.6. The molecule has 6 heterocycles. The Hall–Kier alpha value is -4.80. The molecule has 2 N–H and O–H groups in total. The Kier molecular flexibility index (Phi) is 5.29. The summed E-state index contributed by atoms with van der Waals surface area (Å²) >= 11 is 0. The highest BCUT2D eigenvalue weighted by molar-refractivity contribution is 6.01. The molecular weight excluding hydrogens is 458 g/mol. The Morgan fingerprint density at radius 3 is 2.86 bits per heavy atom. The second-order valence-corrected chi connectivity index (χ2v) is 8.40. The van der Waals surface area contributed by atoms with Gasteiger partial charge in [0.05, 0.1) is 18.5 Å². The van der Waals surface area contributed by atoms with Crippen LogP contribution in [0.4, 0.5) is 23.1 Å². The van der Waals surface area contributed by atoms with E-state index in [2.05, 4.69) is 25.6 Å². The van der Waals surface area contributed by atoms with Gasteiger partial charge in [0.2, 0.25) is 11.8 Å². The number of hydrogen-bond donors (Lipinski definition) is 2. The number of pyridine rings is 4. The average Bonchev–Trinajstić information content (AvgIpc) is 3.32. The number of fused-ring (bicyclic) bond motifs is 6. The van der Waals surface area contributed by atoms with E-state index in [0.717, 1.165) is 22.0 Å². The van der Waals surface area contributed by atoms with Crippen molar-refractivity contribution >= 4 is 45.5 Å². The fourth-order valence-corrected chi connectivity index (χ4v) is 4.17. The molecule has 11 nitrogen and oxygen atoms in total. The molecule has 0 aliphatic carbocycles. The van der Waals surface area contributed by atoms with Gasteiger partial charge in [-0.25, -0.2) is 19.5 Å². The monoisotopic (exact) mass is 481 g/mol. The van der Waals surface area contributed by atoms with Gasteiger partial charge in [0, 0.05) is 55.3 Å². The molecule has 0 unspecified atom stereocenters. The molecule has 0 saturated heterocycles. The van der Waals surface area contributed by atoms with E-state index in [1.165, 1.54) is 0 Å². The van der Waals surface area contributed by atoms with Crippen LogP contribution in [0.25, 0.3) is 27.8 Å². The summed E-state index contributed by atoms with van der Waals surface area (Å²) in [6, 6.07) is 11.1. The quantitative estimate of drug-likeness (QED) is 0.369. The number of ether oxygens (including phenoxy) is 1. The summed E-state index contributed by atoms with van der Waals surface area (Å²) < 4.78 is 7.48. The Labute approximate surface area is 206 Å². The molecule has 0 fully saturated rings. The van der Waals surface area contributed by atoms with Crippen LogP contribution < -0.4 is 20.3 Å². The van der Waals surface area contributed by atoms with Crippen molar-refractivity contribution in [3.05, 3.63) is 55.0 Å². The van der Waals surface area contributed by atoms with Gasteiger partial charge in [-0.1, -0.05) is 6.07 Å². The predicted molar refractivity (Wildman–Crippen MR) is 137 cm³/mol. The van der Waals surface area contributed by atoms with Crippen molar-refractivity contribution in [2.24, 2.45) is 0 Å². The van der Waals surface area contributed by atoms with Gasteiger partial charge in [-0.05, 0) is 30.7 Å². The first kappa shape index (κ1) is 21.7. The lowest BCUT2D eigenvalue weighted by atomic mass is 10.1. The summed E-state index contributed by atoms with van der Waals surface area (Å²) in [7, 11) is 3.57. The fourth-order valence-electron chi connectivity index (χ4n) is 4.17. The minimum atomic E-state index is -0.0183. The minimum absolute atomic E-state index is 0.0183. The second-order valence-electron chi connectivity index (χ2n) is 8.40. The molecule has 5 aromatic rings. The maximum Gasteiger partial charge on any atom is 0.226 e. The van der Waals surface area contributed by atoms with Crippen LogP contribution in [0.3, 0.4) is 0 Å². The van der Waals surface area contributed by atoms with Crippen molar-refractivity contribution in [2.45, 2.75) is 12.8 Å². The molecule has 0 atom stereocenters. The lowest BCUT2D eigenvalue weighted by molar-refractivity contribution is -0.118. The van der Waals surface area contributed by atoms with Crippen molar-refractivity contribution in [1.29, 1.82) is 0 Å². The zero-order valence-corrected chi connectivity index (χ0v) is 19.8. The summed E-state index contributed by atoms with van der Waals surface area (Å²) in [6.07, 6.45) is 6.21. The molecular formula is C25H23N9O2. The maximum atomic E-state index is 12.8. The smallest absolute Gasteiger partial charge is 0.226 e. The van der Waals surface area contributed by atoms with Gasteiger partial charge in [0.25, 0.3) is 0 Å². The van der Waals surface area contributed by atoms with Gasteiger partial charge in [0.1, 0.15) is 17.5 Å². The molecule has 5 aromatic heterocycles. The molecule has 1 aliphatic rings. The third-order valence-corrected chi connectivity index (χ3v) is 6.09. The highest BCUT2D eigenvalue weighted by atomic mass is 16.5. The maximum absolute atomic E-state index is 12.8. The second kappa shape index (κ2) is 8.77. The van der Waals surface area contributed by atoms with Crippen LogP contribution in [-0.4, -0.2) is 56.2 Å². The zero-order valence-electron chi connectivity index (χ0n) is 19.8. The van der Waals surface area contributed by atoms with Crippen LogP contribution in [-0.2, 0) is 4.79 Å². The first-order chi connectivity index (χ1) is 17.6. The number of rotatable bonds is 1. The number of carbonyl (C=O) groups is 1. The number of anilines is 4. The minimum Gasteiger partial charge on any atom is -0.478 e. The van der Waals surface area contributed by atoms with Gasteiger partial charge >= 0.3 is 0 Å². The SMILES string of the molecule is CNc1ncc2c3cc(ncc13)Nc1cccc(n1)OCCCC(=O)N(C)c1ccc3nc-2nn3c1. The summed E-state index contributed by atoms with van der Waals surface area (Å²) in [5, 5.41) is 12.8. The van der Waals surface area contributed by atoms with E-state index in [4.69, 9.17) is 14.8 Å². The van der Waals surface area contributed by atoms with E-state index in [1.807, 2.05) is 37.4 Å². The largest absolute Gasteiger partial charge is 0.478 e. The predicted octanol–water partition coefficient (Wildman–Crippen LogP) is 3.66. The number of hydrogen-bond acceptors (Lipinski definition) is 9. The van der Waals surface area contributed by atoms with Gasteiger partial charge < -0.3 is 20.3 Å². The van der Waals surface area contributed by atoms with Crippen molar-refractivity contribution < 1.29 is 9.53 Å². The van der Waals surface area contributed by atoms with Crippen molar-refractivity contribution in [2.75, 3.05) is 36.2 Å². The summed E-state index contributed by atoms with van der Waals surface area (Å²) in [5.74, 6) is 2.88. The number of aromatic nitrogens is 6. The molecule has 1 aliphatic heterocycles. The average molecular weight is 482 g/mol. The van der Waals surface area contributed by atoms with E-state index in [-0.39, 0.29) is 5.91 Å². The highest BCUT2D eigenvalue weighted by Crippen LogP contribution is 2.32. The van der Waals surface area contributed by atoms with Gasteiger partial charge in [-0.3, -0.25) is 4.79 Å². The van der Waals surface area contributed by atoms with Crippen molar-refractivity contribution in [3.8, 4) is 17.3 Å². The zero-order chi connectivity index (χ0) is 24.6. The third kappa shape index (κ3) is 3.90. The van der Waals surface area contributed by atoms with Crippen LogP contribution in [0.2, 0.25) is 0 Å². The molecule has 7 bridgehead atoms. The van der Waals surface area contributed by atoms with Crippen LogP contribution in [0, 0.1) is 0 Å². The molecule has 1 amide bonds. The normalized spacial score (nSPS) is 13.9. The topological polar surface area (TPSA) is 122 Å². The third-order valence-electron chi connectivity index (χ3n) is 6.09. The van der Waals surface area contributed by atoms with Gasteiger partial charge in [0.15, 0.2) is 11.5 Å². The van der Waals surface area contributed by atoms with E-state index in [9.17, 15) is 4.79 Å². The molecule has 0 aromatic carbocycles. The first-order valence-corrected chi connectivity index (χ1v) is 11.6. The number of carbonyl (C=O) groups excluding carboxylic acids is 1. The van der Waals surface area contributed by atoms with Gasteiger partial charge in [-0.15, -0.1) is 5.10 Å². The number of nitrogens with one attached hydrogen (secondary N) is 2. The van der Waals surface area contributed by atoms with E-state index >= 15 is 0 Å². The number of amides is 1. The Bertz CT molecular complexity index is 1610. The summed E-state index contributed by atoms with van der Waals surface area (Å²) in [4.78, 5) is 32.8. The van der Waals surface area contributed by atoms with E-state index in [0.29, 0.717) is 54.3 Å². The molecule has 36 heavy (non-hydrogen) atoms. The Morgan fingerprint density at radius 2 is 1.97 bits per heavy atom. The summed E-state index contributed by atoms with van der Waals surface area (Å²) in [5.41, 5.74) is 2.14. The number of nitrogens with zero attached hydrogens (tertiary/aromatic N) is 7. The van der Waals surface area contributed by atoms with Crippen LogP contribution in [0.1, 0.15) is 12.8 Å². The van der Waals surface area contributed by atoms with Crippen LogP contribution in [0.15, 0.2) is 55.0 Å². The van der Waals surface area contributed by atoms with Crippen molar-refractivity contribution in [3.63, 3.8) is 0 Å². The van der Waals surface area contributed by atoms with Gasteiger partial charge in [-0.2, -0.15) is 4.98 Å². The Morgan fingerprint density at radius 1 is 1.06 bits per heavy atom. The summed E-state index contributed by atoms with van der Waals surface area (Å²) in [6.45, 7) is 0.374. The molecule has 11 heteroatoms. The standard InChI is InChI=1S/C25H23N9O2/c1-26-24-17-12-27-20-11-16(17)18(13-28-24)25-31-21-9-8-15(14-34(21)32-25)33(2)23(35)7-4-10-36-22-6-3-5-19(29-20)30-22/h3,5-6,8-9,11-14H,4,7,10H2,1-2H3,(H,26,28)(H,27,29,30). The highest BCUT2D eigenvalue weighted by Gasteiger charge is 2.17. The van der Waals surface area contributed by atoms with Crippen LogP contribution >= 0.6 is 0 Å². The molecule has 0 saturated carbocycles. The van der Waals surface area contributed by atoms with Crippen LogP contribution in [0.5, 0.6) is 5.88 Å². The lowest BCUT2D eigenvalue weighted by Crippen LogP contribution is -2.26. The fraction of sp³-hybridized carbons (Fsp3) is 0.200. The van der Waals surface area contributed by atoms with Crippen molar-refractivity contribution in [1.82, 2.24) is 29.5 Å². The van der Waals surface area contributed by atoms with E-state index in [1.54, 1.807) is 41.1 Å². The molecule has 6 rings (SSSR count). The molecule has 0 radical (unpaired) electrons. The van der Waals surface area contributed by atoms with E-state index < -0.39 is 0 Å². The molecule has 180 valence electrons. The Balaban J connectivity index is 1.53.